The standard InChI is InChI=1S/C20H23N3O3/c1-22(2)19(14-8-9-14)13-21-17-11-10-16(12-18(17)23(25)26)20(24)15-6-4-3-5-7-15/h3-7,10-12,14,19,21H,8-9,13H2,1-2H3. The number of ketones is 1. The van der Waals surface area contributed by atoms with E-state index in [1.54, 1.807) is 36.4 Å². The Kier molecular flexibility index (Phi) is 5.32. The molecule has 6 nitrogen and oxygen atoms in total. The monoisotopic (exact) mass is 353 g/mol. The third kappa shape index (κ3) is 4.08. The molecule has 3 rings (SSSR count). The summed E-state index contributed by atoms with van der Waals surface area (Å²) in [6.45, 7) is 0.643. The SMILES string of the molecule is CN(C)C(CNc1ccc(C(=O)c2ccccc2)cc1[N+](=O)[O-])C1CC1. The van der Waals surface area contributed by atoms with Crippen LogP contribution in [0.1, 0.15) is 28.8 Å². The third-order valence-corrected chi connectivity index (χ3v) is 4.82. The molecule has 0 amide bonds. The highest BCUT2D eigenvalue weighted by Crippen LogP contribution is 2.35. The molecule has 1 fully saturated rings. The molecular formula is C20H23N3O3. The van der Waals surface area contributed by atoms with E-state index in [0.717, 1.165) is 0 Å². The molecular weight excluding hydrogens is 330 g/mol. The van der Waals surface area contributed by atoms with Gasteiger partial charge in [0.1, 0.15) is 5.69 Å². The fourth-order valence-electron chi connectivity index (χ4n) is 3.20. The lowest BCUT2D eigenvalue weighted by molar-refractivity contribution is -0.384. The zero-order valence-electron chi connectivity index (χ0n) is 15.0. The molecule has 1 aliphatic carbocycles. The molecule has 0 bridgehead atoms. The van der Waals surface area contributed by atoms with E-state index in [9.17, 15) is 14.9 Å². The van der Waals surface area contributed by atoms with Crippen molar-refractivity contribution in [2.24, 2.45) is 5.92 Å². The first-order valence-corrected chi connectivity index (χ1v) is 8.76. The van der Waals surface area contributed by atoms with Gasteiger partial charge >= 0.3 is 0 Å². The van der Waals surface area contributed by atoms with Crippen LogP contribution in [-0.2, 0) is 0 Å². The molecule has 2 aromatic carbocycles. The topological polar surface area (TPSA) is 75.5 Å². The van der Waals surface area contributed by atoms with E-state index in [2.05, 4.69) is 10.2 Å². The quantitative estimate of drug-likeness (QED) is 0.446. The molecule has 0 aliphatic heterocycles. The van der Waals surface area contributed by atoms with Crippen LogP contribution in [0, 0.1) is 16.0 Å². The lowest BCUT2D eigenvalue weighted by Crippen LogP contribution is -2.36. The van der Waals surface area contributed by atoms with E-state index in [4.69, 9.17) is 0 Å². The highest BCUT2D eigenvalue weighted by atomic mass is 16.6. The van der Waals surface area contributed by atoms with E-state index >= 15 is 0 Å². The first kappa shape index (κ1) is 18.1. The highest BCUT2D eigenvalue weighted by molar-refractivity contribution is 6.09. The van der Waals surface area contributed by atoms with E-state index in [1.165, 1.54) is 18.9 Å². The number of benzene rings is 2. The number of hydrogen-bond acceptors (Lipinski definition) is 5. The summed E-state index contributed by atoms with van der Waals surface area (Å²) in [5, 5.41) is 14.7. The van der Waals surface area contributed by atoms with Crippen molar-refractivity contribution in [3.05, 3.63) is 69.8 Å². The molecule has 1 unspecified atom stereocenters. The molecule has 1 saturated carbocycles. The Morgan fingerprint density at radius 1 is 1.19 bits per heavy atom. The molecule has 1 atom stereocenters. The van der Waals surface area contributed by atoms with Gasteiger partial charge in [-0.05, 0) is 45.0 Å². The van der Waals surface area contributed by atoms with Gasteiger partial charge in [0.2, 0.25) is 0 Å². The summed E-state index contributed by atoms with van der Waals surface area (Å²) in [5.41, 5.74) is 1.22. The first-order valence-electron chi connectivity index (χ1n) is 8.76. The molecule has 1 N–H and O–H groups in total. The summed E-state index contributed by atoms with van der Waals surface area (Å²) in [5.74, 6) is 0.430. The first-order chi connectivity index (χ1) is 12.5. The van der Waals surface area contributed by atoms with Crippen LogP contribution < -0.4 is 5.32 Å². The van der Waals surface area contributed by atoms with Crippen LogP contribution in [0.4, 0.5) is 11.4 Å². The lowest BCUT2D eigenvalue weighted by atomic mass is 10.0. The number of likely N-dealkylation sites (N-methyl/N-ethyl adjacent to an activating group) is 1. The van der Waals surface area contributed by atoms with Gasteiger partial charge in [-0.3, -0.25) is 14.9 Å². The molecule has 0 heterocycles. The molecule has 0 radical (unpaired) electrons. The van der Waals surface area contributed by atoms with Crippen molar-refractivity contribution >= 4 is 17.2 Å². The van der Waals surface area contributed by atoms with Gasteiger partial charge in [-0.2, -0.15) is 0 Å². The van der Waals surface area contributed by atoms with Crippen molar-refractivity contribution in [2.75, 3.05) is 26.0 Å². The molecule has 26 heavy (non-hydrogen) atoms. The number of carbonyl (C=O) groups excluding carboxylic acids is 1. The largest absolute Gasteiger partial charge is 0.378 e. The molecule has 0 saturated heterocycles. The zero-order chi connectivity index (χ0) is 18.7. The van der Waals surface area contributed by atoms with Crippen LogP contribution in [-0.4, -0.2) is 42.3 Å². The summed E-state index contributed by atoms with van der Waals surface area (Å²) < 4.78 is 0. The van der Waals surface area contributed by atoms with Crippen molar-refractivity contribution in [1.29, 1.82) is 0 Å². The zero-order valence-corrected chi connectivity index (χ0v) is 15.0. The van der Waals surface area contributed by atoms with Crippen LogP contribution in [0.5, 0.6) is 0 Å². The van der Waals surface area contributed by atoms with Crippen molar-refractivity contribution in [3.63, 3.8) is 0 Å². The van der Waals surface area contributed by atoms with Gasteiger partial charge in [-0.15, -0.1) is 0 Å². The summed E-state index contributed by atoms with van der Waals surface area (Å²) >= 11 is 0. The van der Waals surface area contributed by atoms with Crippen LogP contribution in [0.2, 0.25) is 0 Å². The highest BCUT2D eigenvalue weighted by Gasteiger charge is 2.32. The molecule has 0 spiro atoms. The van der Waals surface area contributed by atoms with E-state index in [-0.39, 0.29) is 11.5 Å². The minimum atomic E-state index is -0.439. The molecule has 136 valence electrons. The fraction of sp³-hybridized carbons (Fsp3) is 0.350. The predicted octanol–water partition coefficient (Wildman–Crippen LogP) is 3.58. The maximum absolute atomic E-state index is 12.5. The number of rotatable bonds is 8. The average molecular weight is 353 g/mol. The number of nitrogens with zero attached hydrogens (tertiary/aromatic N) is 2. The van der Waals surface area contributed by atoms with Crippen molar-refractivity contribution in [2.45, 2.75) is 18.9 Å². The average Bonchev–Trinajstić information content (AvgIpc) is 3.46. The molecule has 0 aromatic heterocycles. The number of anilines is 1. The van der Waals surface area contributed by atoms with Crippen LogP contribution in [0.15, 0.2) is 48.5 Å². The smallest absolute Gasteiger partial charge is 0.293 e. The fourth-order valence-corrected chi connectivity index (χ4v) is 3.20. The molecule has 6 heteroatoms. The maximum atomic E-state index is 12.5. The van der Waals surface area contributed by atoms with Gasteiger partial charge < -0.3 is 10.2 Å². The maximum Gasteiger partial charge on any atom is 0.293 e. The minimum absolute atomic E-state index is 0.0694. The second kappa shape index (κ2) is 7.66. The van der Waals surface area contributed by atoms with Crippen LogP contribution in [0.3, 0.4) is 0 Å². The summed E-state index contributed by atoms with van der Waals surface area (Å²) in [7, 11) is 4.06. The number of carbonyl (C=O) groups is 1. The van der Waals surface area contributed by atoms with Crippen LogP contribution in [0.25, 0.3) is 0 Å². The van der Waals surface area contributed by atoms with Crippen molar-refractivity contribution in [1.82, 2.24) is 4.90 Å². The van der Waals surface area contributed by atoms with Gasteiger partial charge in [0.05, 0.1) is 4.92 Å². The third-order valence-electron chi connectivity index (χ3n) is 4.82. The summed E-state index contributed by atoms with van der Waals surface area (Å²) in [4.78, 5) is 25.8. The van der Waals surface area contributed by atoms with Crippen molar-refractivity contribution in [3.8, 4) is 0 Å². The van der Waals surface area contributed by atoms with Gasteiger partial charge in [-0.1, -0.05) is 30.3 Å². The normalized spacial score (nSPS) is 14.9. The van der Waals surface area contributed by atoms with Gasteiger partial charge in [0.15, 0.2) is 5.78 Å². The summed E-state index contributed by atoms with van der Waals surface area (Å²) in [6.07, 6.45) is 2.41. The Bertz CT molecular complexity index is 799. The summed E-state index contributed by atoms with van der Waals surface area (Å²) in [6, 6.07) is 13.8. The lowest BCUT2D eigenvalue weighted by Gasteiger charge is -2.24. The van der Waals surface area contributed by atoms with E-state index in [1.807, 2.05) is 20.2 Å². The number of hydrogen-bond donors (Lipinski definition) is 1. The van der Waals surface area contributed by atoms with Gasteiger partial charge in [0, 0.05) is 29.8 Å². The van der Waals surface area contributed by atoms with E-state index < -0.39 is 4.92 Å². The van der Waals surface area contributed by atoms with Gasteiger partial charge in [0.25, 0.3) is 5.69 Å². The van der Waals surface area contributed by atoms with E-state index in [0.29, 0.717) is 35.3 Å². The Hall–Kier alpha value is -2.73. The number of nitro groups is 1. The molecule has 2 aromatic rings. The Balaban J connectivity index is 1.81. The van der Waals surface area contributed by atoms with Crippen molar-refractivity contribution < 1.29 is 9.72 Å². The predicted molar refractivity (Wildman–Crippen MR) is 102 cm³/mol. The Labute approximate surface area is 153 Å². The second-order valence-electron chi connectivity index (χ2n) is 6.93. The minimum Gasteiger partial charge on any atom is -0.378 e. The second-order valence-corrected chi connectivity index (χ2v) is 6.93. The number of nitrogens with one attached hydrogen (secondary N) is 1. The number of nitro benzene ring substituents is 1. The van der Waals surface area contributed by atoms with Gasteiger partial charge in [-0.25, -0.2) is 0 Å². The Morgan fingerprint density at radius 2 is 1.88 bits per heavy atom. The van der Waals surface area contributed by atoms with Crippen LogP contribution >= 0.6 is 0 Å². The Morgan fingerprint density at radius 3 is 2.46 bits per heavy atom. The molecule has 1 aliphatic rings.